The first-order valence-electron chi connectivity index (χ1n) is 7.46. The molecule has 1 saturated carbocycles. The van der Waals surface area contributed by atoms with Gasteiger partial charge in [-0.1, -0.05) is 18.2 Å². The standard InChI is InChI=1S/C17H15F3N2O2/c18-17(19,20)15(23)14-8-5-12(9-21-14)10-3-6-13(7-4-10)22-16(24)11-1-2-11/h3-9,11,15,23H,1-2H2,(H,22,24). The summed E-state index contributed by atoms with van der Waals surface area (Å²) >= 11 is 0. The second kappa shape index (κ2) is 6.24. The lowest BCUT2D eigenvalue weighted by atomic mass is 10.1. The van der Waals surface area contributed by atoms with Crippen molar-refractivity contribution >= 4 is 11.6 Å². The second-order valence-corrected chi connectivity index (χ2v) is 5.76. The third-order valence-corrected chi connectivity index (χ3v) is 3.81. The van der Waals surface area contributed by atoms with Gasteiger partial charge in [0.2, 0.25) is 5.91 Å². The Kier molecular flexibility index (Phi) is 4.28. The van der Waals surface area contributed by atoms with E-state index in [9.17, 15) is 18.0 Å². The number of hydrogen-bond donors (Lipinski definition) is 2. The lowest BCUT2D eigenvalue weighted by molar-refractivity contribution is -0.207. The van der Waals surface area contributed by atoms with Crippen molar-refractivity contribution in [1.82, 2.24) is 4.98 Å². The molecule has 1 aromatic heterocycles. The van der Waals surface area contributed by atoms with E-state index < -0.39 is 18.0 Å². The fraction of sp³-hybridized carbons (Fsp3) is 0.294. The van der Waals surface area contributed by atoms with Gasteiger partial charge in [0, 0.05) is 23.4 Å². The Hall–Kier alpha value is -2.41. The third-order valence-electron chi connectivity index (χ3n) is 3.81. The van der Waals surface area contributed by atoms with Gasteiger partial charge in [-0.3, -0.25) is 9.78 Å². The van der Waals surface area contributed by atoms with Gasteiger partial charge in [-0.15, -0.1) is 0 Å². The maximum atomic E-state index is 12.4. The van der Waals surface area contributed by atoms with Crippen LogP contribution in [-0.2, 0) is 4.79 Å². The fourth-order valence-corrected chi connectivity index (χ4v) is 2.24. The zero-order valence-corrected chi connectivity index (χ0v) is 12.5. The van der Waals surface area contributed by atoms with Crippen LogP contribution in [0.4, 0.5) is 18.9 Å². The molecule has 2 aromatic rings. The summed E-state index contributed by atoms with van der Waals surface area (Å²) in [6, 6.07) is 9.58. The number of aliphatic hydroxyl groups is 1. The number of pyridine rings is 1. The predicted octanol–water partition coefficient (Wildman–Crippen LogP) is 3.69. The van der Waals surface area contributed by atoms with E-state index in [4.69, 9.17) is 5.11 Å². The lowest BCUT2D eigenvalue weighted by Gasteiger charge is -2.14. The zero-order chi connectivity index (χ0) is 17.3. The van der Waals surface area contributed by atoms with Crippen molar-refractivity contribution in [3.63, 3.8) is 0 Å². The van der Waals surface area contributed by atoms with Crippen molar-refractivity contribution in [2.45, 2.75) is 25.1 Å². The average Bonchev–Trinajstić information content (AvgIpc) is 3.39. The van der Waals surface area contributed by atoms with E-state index in [0.29, 0.717) is 11.3 Å². The number of alkyl halides is 3. The molecule has 0 spiro atoms. The number of anilines is 1. The van der Waals surface area contributed by atoms with Crippen LogP contribution in [0.25, 0.3) is 11.1 Å². The third kappa shape index (κ3) is 3.73. The van der Waals surface area contributed by atoms with Crippen molar-refractivity contribution < 1.29 is 23.1 Å². The molecule has 2 N–H and O–H groups in total. The topological polar surface area (TPSA) is 62.2 Å². The molecule has 1 aliphatic rings. The summed E-state index contributed by atoms with van der Waals surface area (Å²) in [7, 11) is 0. The summed E-state index contributed by atoms with van der Waals surface area (Å²) in [4.78, 5) is 15.4. The van der Waals surface area contributed by atoms with Crippen LogP contribution in [0.5, 0.6) is 0 Å². The largest absolute Gasteiger partial charge is 0.420 e. The first-order chi connectivity index (χ1) is 11.3. The van der Waals surface area contributed by atoms with Crippen LogP contribution in [0, 0.1) is 5.92 Å². The number of aliphatic hydroxyl groups excluding tert-OH is 1. The molecule has 1 heterocycles. The van der Waals surface area contributed by atoms with Crippen LogP contribution < -0.4 is 5.32 Å². The minimum atomic E-state index is -4.74. The van der Waals surface area contributed by atoms with E-state index in [1.807, 2.05) is 0 Å². The molecule has 0 radical (unpaired) electrons. The van der Waals surface area contributed by atoms with Crippen LogP contribution >= 0.6 is 0 Å². The zero-order valence-electron chi connectivity index (χ0n) is 12.5. The van der Waals surface area contributed by atoms with Gasteiger partial charge in [-0.25, -0.2) is 0 Å². The van der Waals surface area contributed by atoms with Crippen molar-refractivity contribution in [2.75, 3.05) is 5.32 Å². The highest BCUT2D eigenvalue weighted by Crippen LogP contribution is 2.32. The van der Waals surface area contributed by atoms with Gasteiger partial charge in [0.1, 0.15) is 0 Å². The fourth-order valence-electron chi connectivity index (χ4n) is 2.24. The van der Waals surface area contributed by atoms with Gasteiger partial charge in [-0.2, -0.15) is 13.2 Å². The van der Waals surface area contributed by atoms with Crippen LogP contribution in [0.1, 0.15) is 24.6 Å². The van der Waals surface area contributed by atoms with Crippen molar-refractivity contribution in [3.05, 3.63) is 48.3 Å². The Bertz CT molecular complexity index is 723. The normalized spacial score (nSPS) is 15.8. The molecular weight excluding hydrogens is 321 g/mol. The monoisotopic (exact) mass is 336 g/mol. The predicted molar refractivity (Wildman–Crippen MR) is 82.0 cm³/mol. The molecule has 126 valence electrons. The Labute approximate surface area is 136 Å². The smallest absolute Gasteiger partial charge is 0.378 e. The molecule has 1 aliphatic carbocycles. The van der Waals surface area contributed by atoms with E-state index in [1.165, 1.54) is 12.3 Å². The number of rotatable bonds is 4. The van der Waals surface area contributed by atoms with Gasteiger partial charge in [-0.05, 0) is 36.6 Å². The number of carbonyl (C=O) groups excluding carboxylic acids is 1. The molecule has 0 saturated heterocycles. The highest BCUT2D eigenvalue weighted by molar-refractivity contribution is 5.94. The van der Waals surface area contributed by atoms with E-state index >= 15 is 0 Å². The number of amides is 1. The Morgan fingerprint density at radius 1 is 1.12 bits per heavy atom. The summed E-state index contributed by atoms with van der Waals surface area (Å²) in [6.07, 6.45) is -4.21. The number of nitrogens with one attached hydrogen (secondary N) is 1. The molecule has 24 heavy (non-hydrogen) atoms. The van der Waals surface area contributed by atoms with Crippen LogP contribution in [0.3, 0.4) is 0 Å². The minimum Gasteiger partial charge on any atom is -0.378 e. The molecule has 1 amide bonds. The Morgan fingerprint density at radius 2 is 1.75 bits per heavy atom. The van der Waals surface area contributed by atoms with Crippen molar-refractivity contribution in [1.29, 1.82) is 0 Å². The summed E-state index contributed by atoms with van der Waals surface area (Å²) in [6.45, 7) is 0. The van der Waals surface area contributed by atoms with Crippen molar-refractivity contribution in [3.8, 4) is 11.1 Å². The molecule has 1 unspecified atom stereocenters. The van der Waals surface area contributed by atoms with Gasteiger partial charge in [0.15, 0.2) is 6.10 Å². The number of halogens is 3. The molecular formula is C17H15F3N2O2. The number of nitrogens with zero attached hydrogens (tertiary/aromatic N) is 1. The molecule has 0 aliphatic heterocycles. The summed E-state index contributed by atoms with van der Waals surface area (Å²) in [5, 5.41) is 12.0. The van der Waals surface area contributed by atoms with Gasteiger partial charge in [0.05, 0.1) is 5.69 Å². The highest BCUT2D eigenvalue weighted by atomic mass is 19.4. The average molecular weight is 336 g/mol. The molecule has 0 bridgehead atoms. The van der Waals surface area contributed by atoms with E-state index in [1.54, 1.807) is 24.3 Å². The van der Waals surface area contributed by atoms with E-state index in [-0.39, 0.29) is 11.8 Å². The van der Waals surface area contributed by atoms with Crippen LogP contribution in [0.15, 0.2) is 42.6 Å². The minimum absolute atomic E-state index is 0.00917. The SMILES string of the molecule is O=C(Nc1ccc(-c2ccc(C(O)C(F)(F)F)nc2)cc1)C1CC1. The highest BCUT2D eigenvalue weighted by Gasteiger charge is 2.40. The van der Waals surface area contributed by atoms with E-state index in [0.717, 1.165) is 24.5 Å². The van der Waals surface area contributed by atoms with Gasteiger partial charge in [0.25, 0.3) is 0 Å². The molecule has 3 rings (SSSR count). The van der Waals surface area contributed by atoms with Crippen molar-refractivity contribution in [2.24, 2.45) is 5.92 Å². The summed E-state index contributed by atoms with van der Waals surface area (Å²) < 4.78 is 37.3. The number of benzene rings is 1. The number of hydrogen-bond acceptors (Lipinski definition) is 3. The molecule has 4 nitrogen and oxygen atoms in total. The number of carbonyl (C=O) groups is 1. The Balaban J connectivity index is 1.71. The lowest BCUT2D eigenvalue weighted by Crippen LogP contribution is -2.21. The van der Waals surface area contributed by atoms with Gasteiger partial charge < -0.3 is 10.4 Å². The summed E-state index contributed by atoms with van der Waals surface area (Å²) in [5.41, 5.74) is 1.60. The van der Waals surface area contributed by atoms with E-state index in [2.05, 4.69) is 10.3 Å². The summed E-state index contributed by atoms with van der Waals surface area (Å²) in [5.74, 6) is 0.122. The second-order valence-electron chi connectivity index (χ2n) is 5.76. The molecule has 1 fully saturated rings. The first-order valence-corrected chi connectivity index (χ1v) is 7.46. The first kappa shape index (κ1) is 16.4. The van der Waals surface area contributed by atoms with Crippen LogP contribution in [0.2, 0.25) is 0 Å². The van der Waals surface area contributed by atoms with Crippen LogP contribution in [-0.4, -0.2) is 22.2 Å². The maximum Gasteiger partial charge on any atom is 0.420 e. The molecule has 1 atom stereocenters. The van der Waals surface area contributed by atoms with Gasteiger partial charge >= 0.3 is 6.18 Å². The Morgan fingerprint density at radius 3 is 2.25 bits per heavy atom. The maximum absolute atomic E-state index is 12.4. The quantitative estimate of drug-likeness (QED) is 0.895. The number of aromatic nitrogens is 1. The molecule has 1 aromatic carbocycles. The molecule has 7 heteroatoms.